The van der Waals surface area contributed by atoms with E-state index >= 15 is 0 Å². The number of likely N-dealkylation sites (N-methyl/N-ethyl adjacent to an activating group) is 1. The van der Waals surface area contributed by atoms with Gasteiger partial charge in [-0.15, -0.1) is 0 Å². The highest BCUT2D eigenvalue weighted by atomic mass is 16.5. The Kier molecular flexibility index (Phi) is 8.39. The summed E-state index contributed by atoms with van der Waals surface area (Å²) in [5, 5.41) is 12.7. The number of hydrogen-bond acceptors (Lipinski definition) is 5. The Labute approximate surface area is 202 Å². The maximum absolute atomic E-state index is 13.2. The van der Waals surface area contributed by atoms with Gasteiger partial charge >= 0.3 is 6.03 Å². The molecule has 0 radical (unpaired) electrons. The zero-order valence-corrected chi connectivity index (χ0v) is 20.7. The Hall–Kier alpha value is -3.26. The molecule has 8 nitrogen and oxygen atoms in total. The van der Waals surface area contributed by atoms with Crippen LogP contribution in [0.4, 0.5) is 16.2 Å². The smallest absolute Gasteiger partial charge is 0.321 e. The third-order valence-corrected chi connectivity index (χ3v) is 6.24. The van der Waals surface area contributed by atoms with E-state index < -0.39 is 0 Å². The molecule has 2 aromatic carbocycles. The van der Waals surface area contributed by atoms with Crippen LogP contribution in [0.15, 0.2) is 48.5 Å². The van der Waals surface area contributed by atoms with Gasteiger partial charge in [0, 0.05) is 50.5 Å². The average Bonchev–Trinajstić information content (AvgIpc) is 2.86. The molecule has 0 fully saturated rings. The summed E-state index contributed by atoms with van der Waals surface area (Å²) in [5.74, 6) is 0.514. The van der Waals surface area contributed by atoms with Gasteiger partial charge in [-0.3, -0.25) is 4.79 Å². The minimum atomic E-state index is -0.352. The topological polar surface area (TPSA) is 85.4 Å². The van der Waals surface area contributed by atoms with Crippen molar-refractivity contribution < 1.29 is 19.4 Å². The standard InChI is InChI=1S/C26H36N4O4/c1-18-15-30(19(2)17-31)25(32)14-20-13-22(28(3)4)11-12-23(20)34-24(18)16-29(5)26(33)27-21-9-7-6-8-10-21/h6-13,18-19,24,31H,14-17H2,1-5H3,(H,27,33)/t18-,19+,24-/m1/s1. The molecule has 1 aliphatic heterocycles. The number of amides is 3. The van der Waals surface area contributed by atoms with Crippen molar-refractivity contribution >= 4 is 23.3 Å². The summed E-state index contributed by atoms with van der Waals surface area (Å²) in [7, 11) is 5.63. The Balaban J connectivity index is 1.88. The second-order valence-electron chi connectivity index (χ2n) is 9.25. The van der Waals surface area contributed by atoms with Gasteiger partial charge in [0.15, 0.2) is 0 Å². The number of fused-ring (bicyclic) bond motifs is 1. The predicted molar refractivity (Wildman–Crippen MR) is 134 cm³/mol. The van der Waals surface area contributed by atoms with Gasteiger partial charge < -0.3 is 29.9 Å². The van der Waals surface area contributed by atoms with E-state index in [2.05, 4.69) is 5.32 Å². The van der Waals surface area contributed by atoms with Crippen LogP contribution >= 0.6 is 0 Å². The first-order valence-electron chi connectivity index (χ1n) is 11.6. The van der Waals surface area contributed by atoms with E-state index in [0.717, 1.165) is 16.9 Å². The second-order valence-corrected chi connectivity index (χ2v) is 9.25. The zero-order valence-electron chi connectivity index (χ0n) is 20.7. The third-order valence-electron chi connectivity index (χ3n) is 6.24. The van der Waals surface area contributed by atoms with Gasteiger partial charge in [-0.25, -0.2) is 4.79 Å². The number of hydrogen-bond donors (Lipinski definition) is 2. The quantitative estimate of drug-likeness (QED) is 0.681. The van der Waals surface area contributed by atoms with E-state index in [1.807, 2.05) is 81.4 Å². The summed E-state index contributed by atoms with van der Waals surface area (Å²) < 4.78 is 6.46. The highest BCUT2D eigenvalue weighted by Gasteiger charge is 2.31. The monoisotopic (exact) mass is 468 g/mol. The number of nitrogens with zero attached hydrogens (tertiary/aromatic N) is 3. The minimum Gasteiger partial charge on any atom is -0.488 e. The van der Waals surface area contributed by atoms with Crippen molar-refractivity contribution in [3.05, 3.63) is 54.1 Å². The normalized spacial score (nSPS) is 19.1. The molecule has 0 aliphatic carbocycles. The molecule has 0 aromatic heterocycles. The molecule has 1 heterocycles. The van der Waals surface area contributed by atoms with E-state index in [1.165, 1.54) is 0 Å². The maximum Gasteiger partial charge on any atom is 0.321 e. The molecule has 3 amide bonds. The first-order valence-corrected chi connectivity index (χ1v) is 11.6. The van der Waals surface area contributed by atoms with E-state index in [9.17, 15) is 14.7 Å². The molecule has 34 heavy (non-hydrogen) atoms. The van der Waals surface area contributed by atoms with Crippen LogP contribution in [-0.4, -0.2) is 79.8 Å². The number of aliphatic hydroxyl groups is 1. The van der Waals surface area contributed by atoms with Crippen molar-refractivity contribution in [3.63, 3.8) is 0 Å². The van der Waals surface area contributed by atoms with Gasteiger partial charge in [0.2, 0.25) is 5.91 Å². The molecule has 0 bridgehead atoms. The molecule has 0 saturated carbocycles. The highest BCUT2D eigenvalue weighted by molar-refractivity contribution is 5.89. The molecule has 2 aromatic rings. The number of para-hydroxylation sites is 1. The average molecular weight is 469 g/mol. The van der Waals surface area contributed by atoms with Crippen LogP contribution in [0.25, 0.3) is 0 Å². The number of aliphatic hydroxyl groups excluding tert-OH is 1. The zero-order chi connectivity index (χ0) is 24.8. The number of benzene rings is 2. The fraction of sp³-hybridized carbons (Fsp3) is 0.462. The summed E-state index contributed by atoms with van der Waals surface area (Å²) in [4.78, 5) is 31.3. The fourth-order valence-electron chi connectivity index (χ4n) is 4.01. The van der Waals surface area contributed by atoms with Crippen molar-refractivity contribution in [3.8, 4) is 5.75 Å². The van der Waals surface area contributed by atoms with Crippen LogP contribution in [0, 0.1) is 5.92 Å². The molecular formula is C26H36N4O4. The van der Waals surface area contributed by atoms with Gasteiger partial charge in [0.25, 0.3) is 0 Å². The largest absolute Gasteiger partial charge is 0.488 e. The van der Waals surface area contributed by atoms with Crippen LogP contribution < -0.4 is 15.0 Å². The van der Waals surface area contributed by atoms with E-state index in [0.29, 0.717) is 18.8 Å². The molecule has 2 N–H and O–H groups in total. The first-order chi connectivity index (χ1) is 16.2. The van der Waals surface area contributed by atoms with E-state index in [-0.39, 0.29) is 43.0 Å². The molecule has 8 heteroatoms. The van der Waals surface area contributed by atoms with Gasteiger partial charge in [-0.1, -0.05) is 25.1 Å². The molecule has 1 aliphatic rings. The summed E-state index contributed by atoms with van der Waals surface area (Å²) in [5.41, 5.74) is 2.49. The van der Waals surface area contributed by atoms with Crippen LogP contribution in [0.1, 0.15) is 19.4 Å². The molecular weight excluding hydrogens is 432 g/mol. The van der Waals surface area contributed by atoms with Crippen molar-refractivity contribution in [2.24, 2.45) is 5.92 Å². The summed E-state index contributed by atoms with van der Waals surface area (Å²) >= 11 is 0. The van der Waals surface area contributed by atoms with Crippen molar-refractivity contribution in [1.29, 1.82) is 0 Å². The first kappa shape index (κ1) is 25.4. The molecule has 0 unspecified atom stereocenters. The third kappa shape index (κ3) is 6.20. The lowest BCUT2D eigenvalue weighted by atomic mass is 10.0. The number of nitrogens with one attached hydrogen (secondary N) is 1. The van der Waals surface area contributed by atoms with Gasteiger partial charge in [-0.05, 0) is 37.3 Å². The number of carbonyl (C=O) groups is 2. The Morgan fingerprint density at radius 2 is 1.91 bits per heavy atom. The lowest BCUT2D eigenvalue weighted by Gasteiger charge is -2.34. The van der Waals surface area contributed by atoms with Crippen LogP contribution in [0.3, 0.4) is 0 Å². The van der Waals surface area contributed by atoms with E-state index in [1.54, 1.807) is 16.8 Å². The van der Waals surface area contributed by atoms with Crippen LogP contribution in [0.5, 0.6) is 5.75 Å². The van der Waals surface area contributed by atoms with Gasteiger partial charge in [-0.2, -0.15) is 0 Å². The van der Waals surface area contributed by atoms with Gasteiger partial charge in [0.1, 0.15) is 11.9 Å². The highest BCUT2D eigenvalue weighted by Crippen LogP contribution is 2.30. The number of ether oxygens (including phenoxy) is 1. The molecule has 3 rings (SSSR count). The summed E-state index contributed by atoms with van der Waals surface area (Å²) in [6.07, 6.45) is -0.166. The second kappa shape index (κ2) is 11.2. The Morgan fingerprint density at radius 3 is 2.56 bits per heavy atom. The summed E-state index contributed by atoms with van der Waals surface area (Å²) in [6, 6.07) is 14.6. The van der Waals surface area contributed by atoms with Crippen LogP contribution in [-0.2, 0) is 11.2 Å². The molecule has 0 saturated heterocycles. The van der Waals surface area contributed by atoms with Crippen LogP contribution in [0.2, 0.25) is 0 Å². The van der Waals surface area contributed by atoms with Crippen molar-refractivity contribution in [2.45, 2.75) is 32.4 Å². The van der Waals surface area contributed by atoms with E-state index in [4.69, 9.17) is 4.74 Å². The SMILES string of the molecule is C[C@@H]1CN([C@@H](C)CO)C(=O)Cc2cc(N(C)C)ccc2O[C@@H]1CN(C)C(=O)Nc1ccccc1. The lowest BCUT2D eigenvalue weighted by molar-refractivity contribution is -0.134. The Morgan fingerprint density at radius 1 is 1.21 bits per heavy atom. The molecule has 3 atom stereocenters. The predicted octanol–water partition coefficient (Wildman–Crippen LogP) is 3.07. The number of rotatable bonds is 6. The van der Waals surface area contributed by atoms with Gasteiger partial charge in [0.05, 0.1) is 25.6 Å². The number of urea groups is 1. The summed E-state index contributed by atoms with van der Waals surface area (Å²) in [6.45, 7) is 4.50. The number of carbonyl (C=O) groups excluding carboxylic acids is 2. The van der Waals surface area contributed by atoms with Crippen molar-refractivity contribution in [1.82, 2.24) is 9.80 Å². The molecule has 0 spiro atoms. The lowest BCUT2D eigenvalue weighted by Crippen LogP contribution is -2.48. The fourth-order valence-corrected chi connectivity index (χ4v) is 4.01. The Bertz CT molecular complexity index is 982. The molecule has 184 valence electrons. The minimum absolute atomic E-state index is 0.0509. The maximum atomic E-state index is 13.2. The number of anilines is 2. The van der Waals surface area contributed by atoms with Crippen molar-refractivity contribution in [2.75, 3.05) is 51.1 Å².